The van der Waals surface area contributed by atoms with E-state index in [1.807, 2.05) is 6.07 Å². The number of hydrogen-bond acceptors (Lipinski definition) is 6. The topological polar surface area (TPSA) is 97.4 Å². The van der Waals surface area contributed by atoms with Crippen molar-refractivity contribution >= 4 is 22.0 Å². The van der Waals surface area contributed by atoms with Gasteiger partial charge in [0.2, 0.25) is 5.69 Å². The fraction of sp³-hybridized carbons (Fsp3) is 0.429. The van der Waals surface area contributed by atoms with Crippen LogP contribution in [-0.2, 0) is 4.74 Å². The van der Waals surface area contributed by atoms with E-state index in [4.69, 9.17) is 9.47 Å². The summed E-state index contributed by atoms with van der Waals surface area (Å²) in [5.74, 6) is -0.618. The molecule has 3 rings (SSSR count). The Kier molecular flexibility index (Phi) is 6.65. The molecule has 0 aliphatic carbocycles. The number of nitriles is 1. The van der Waals surface area contributed by atoms with Gasteiger partial charge in [-0.05, 0) is 39.0 Å². The van der Waals surface area contributed by atoms with E-state index >= 15 is 0 Å². The highest BCUT2D eigenvalue weighted by atomic mass is 79.9. The largest absolute Gasteiger partial charge is 0.487 e. The standard InChI is InChI=1S/C21H22BrFN4O4/c1-21(2,3)31-20(29)26-8-6-14(7-9-26)30-18-11-19(28)27(25-16(18)12-24)17-5-4-13(22)10-15(17)23/h4-5,10-11,14H,6-9H2,1-3H3. The second-order valence-electron chi connectivity index (χ2n) is 8.10. The van der Waals surface area contributed by atoms with Crippen LogP contribution in [0.2, 0.25) is 0 Å². The maximum absolute atomic E-state index is 14.2. The minimum Gasteiger partial charge on any atom is -0.487 e. The summed E-state index contributed by atoms with van der Waals surface area (Å²) in [5, 5.41) is 13.4. The highest BCUT2D eigenvalue weighted by Crippen LogP contribution is 2.23. The predicted octanol–water partition coefficient (Wildman–Crippen LogP) is 3.78. The van der Waals surface area contributed by atoms with Crippen molar-refractivity contribution in [3.63, 3.8) is 0 Å². The van der Waals surface area contributed by atoms with Gasteiger partial charge in [0.15, 0.2) is 5.75 Å². The van der Waals surface area contributed by atoms with Gasteiger partial charge in [0.25, 0.3) is 5.56 Å². The summed E-state index contributed by atoms with van der Waals surface area (Å²) >= 11 is 3.16. The molecule has 0 bridgehead atoms. The van der Waals surface area contributed by atoms with Crippen LogP contribution in [0.25, 0.3) is 5.69 Å². The number of benzene rings is 1. The second-order valence-corrected chi connectivity index (χ2v) is 9.02. The maximum atomic E-state index is 14.2. The van der Waals surface area contributed by atoms with Crippen LogP contribution in [0, 0.1) is 17.1 Å². The lowest BCUT2D eigenvalue weighted by atomic mass is 10.1. The average molecular weight is 493 g/mol. The molecule has 8 nitrogen and oxygen atoms in total. The zero-order valence-corrected chi connectivity index (χ0v) is 19.0. The maximum Gasteiger partial charge on any atom is 0.410 e. The molecular weight excluding hydrogens is 471 g/mol. The zero-order chi connectivity index (χ0) is 22.8. The number of carbonyl (C=O) groups excluding carboxylic acids is 1. The van der Waals surface area contributed by atoms with Gasteiger partial charge in [-0.15, -0.1) is 5.10 Å². The molecule has 1 aromatic carbocycles. The van der Waals surface area contributed by atoms with Crippen molar-refractivity contribution in [1.29, 1.82) is 5.26 Å². The molecule has 0 radical (unpaired) electrons. The number of rotatable bonds is 3. The van der Waals surface area contributed by atoms with Gasteiger partial charge in [-0.3, -0.25) is 4.79 Å². The van der Waals surface area contributed by atoms with Crippen molar-refractivity contribution in [2.24, 2.45) is 0 Å². The van der Waals surface area contributed by atoms with Crippen LogP contribution in [0.5, 0.6) is 5.75 Å². The fourth-order valence-electron chi connectivity index (χ4n) is 3.10. The van der Waals surface area contributed by atoms with Gasteiger partial charge in [0.1, 0.15) is 29.3 Å². The fourth-order valence-corrected chi connectivity index (χ4v) is 3.43. The Morgan fingerprint density at radius 2 is 1.97 bits per heavy atom. The van der Waals surface area contributed by atoms with Gasteiger partial charge in [0, 0.05) is 30.4 Å². The van der Waals surface area contributed by atoms with Gasteiger partial charge < -0.3 is 14.4 Å². The monoisotopic (exact) mass is 492 g/mol. The van der Waals surface area contributed by atoms with E-state index in [9.17, 15) is 19.2 Å². The van der Waals surface area contributed by atoms with E-state index in [1.165, 1.54) is 12.1 Å². The second kappa shape index (κ2) is 9.06. The molecule has 1 amide bonds. The summed E-state index contributed by atoms with van der Waals surface area (Å²) in [6.07, 6.45) is 0.333. The third kappa shape index (κ3) is 5.61. The van der Waals surface area contributed by atoms with Crippen molar-refractivity contribution in [3.8, 4) is 17.5 Å². The van der Waals surface area contributed by atoms with Crippen molar-refractivity contribution in [3.05, 3.63) is 50.6 Å². The van der Waals surface area contributed by atoms with E-state index in [0.29, 0.717) is 30.4 Å². The Hall–Kier alpha value is -2.93. The third-order valence-electron chi connectivity index (χ3n) is 4.53. The Bertz CT molecular complexity index is 1080. The molecule has 31 heavy (non-hydrogen) atoms. The van der Waals surface area contributed by atoms with Crippen LogP contribution < -0.4 is 10.3 Å². The van der Waals surface area contributed by atoms with Crippen molar-refractivity contribution < 1.29 is 18.7 Å². The lowest BCUT2D eigenvalue weighted by molar-refractivity contribution is 0.0126. The zero-order valence-electron chi connectivity index (χ0n) is 17.4. The minimum absolute atomic E-state index is 0.0389. The first kappa shape index (κ1) is 22.7. The van der Waals surface area contributed by atoms with Gasteiger partial charge in [0.05, 0.1) is 6.07 Å². The number of ether oxygens (including phenoxy) is 2. The first-order chi connectivity index (χ1) is 14.6. The normalized spacial score (nSPS) is 14.8. The summed E-state index contributed by atoms with van der Waals surface area (Å²) in [5.41, 5.74) is -1.39. The first-order valence-electron chi connectivity index (χ1n) is 9.72. The van der Waals surface area contributed by atoms with Crippen LogP contribution in [0.1, 0.15) is 39.3 Å². The number of aromatic nitrogens is 2. The molecule has 0 saturated carbocycles. The SMILES string of the molecule is CC(C)(C)OC(=O)N1CCC(Oc2cc(=O)n(-c3ccc(Br)cc3F)nc2C#N)CC1. The minimum atomic E-state index is -0.656. The molecular formula is C21H22BrFN4O4. The molecule has 164 valence electrons. The van der Waals surface area contributed by atoms with Gasteiger partial charge in [-0.1, -0.05) is 15.9 Å². The summed E-state index contributed by atoms with van der Waals surface area (Å²) in [7, 11) is 0. The summed E-state index contributed by atoms with van der Waals surface area (Å²) in [4.78, 5) is 26.3. The third-order valence-corrected chi connectivity index (χ3v) is 5.02. The highest BCUT2D eigenvalue weighted by molar-refractivity contribution is 9.10. The molecule has 1 aliphatic heterocycles. The van der Waals surface area contributed by atoms with Crippen LogP contribution in [0.3, 0.4) is 0 Å². The number of piperidine rings is 1. The molecule has 0 spiro atoms. The van der Waals surface area contributed by atoms with E-state index in [1.54, 1.807) is 31.7 Å². The summed E-state index contributed by atoms with van der Waals surface area (Å²) < 4.78 is 26.8. The summed E-state index contributed by atoms with van der Waals surface area (Å²) in [6.45, 7) is 6.27. The quantitative estimate of drug-likeness (QED) is 0.646. The van der Waals surface area contributed by atoms with Crippen LogP contribution in [0.4, 0.5) is 9.18 Å². The number of nitrogens with zero attached hydrogens (tertiary/aromatic N) is 4. The van der Waals surface area contributed by atoms with Crippen molar-refractivity contribution in [2.75, 3.05) is 13.1 Å². The Labute approximate surface area is 187 Å². The van der Waals surface area contributed by atoms with Crippen molar-refractivity contribution in [1.82, 2.24) is 14.7 Å². The number of likely N-dealkylation sites (tertiary alicyclic amines) is 1. The van der Waals surface area contributed by atoms with Gasteiger partial charge in [-0.2, -0.15) is 9.94 Å². The van der Waals surface area contributed by atoms with Crippen LogP contribution in [-0.4, -0.2) is 45.6 Å². The lowest BCUT2D eigenvalue weighted by Crippen LogP contribution is -2.44. The van der Waals surface area contributed by atoms with Gasteiger partial charge >= 0.3 is 6.09 Å². The molecule has 0 N–H and O–H groups in total. The molecule has 1 saturated heterocycles. The number of amides is 1. The van der Waals surface area contributed by atoms with Gasteiger partial charge in [-0.25, -0.2) is 9.18 Å². The van der Waals surface area contributed by atoms with E-state index in [0.717, 1.165) is 10.7 Å². The van der Waals surface area contributed by atoms with E-state index < -0.39 is 17.0 Å². The molecule has 1 aliphatic rings. The molecule has 1 fully saturated rings. The summed E-state index contributed by atoms with van der Waals surface area (Å²) in [6, 6.07) is 7.19. The Morgan fingerprint density at radius 3 is 2.55 bits per heavy atom. The Balaban J connectivity index is 1.73. The first-order valence-corrected chi connectivity index (χ1v) is 10.5. The molecule has 2 aromatic rings. The van der Waals surface area contributed by atoms with Crippen LogP contribution >= 0.6 is 15.9 Å². The predicted molar refractivity (Wildman–Crippen MR) is 114 cm³/mol. The van der Waals surface area contributed by atoms with Crippen LogP contribution in [0.15, 0.2) is 33.5 Å². The smallest absolute Gasteiger partial charge is 0.410 e. The lowest BCUT2D eigenvalue weighted by Gasteiger charge is -2.33. The highest BCUT2D eigenvalue weighted by Gasteiger charge is 2.28. The van der Waals surface area contributed by atoms with E-state index in [2.05, 4.69) is 21.0 Å². The Morgan fingerprint density at radius 1 is 1.29 bits per heavy atom. The number of halogens is 2. The number of hydrogen-bond donors (Lipinski definition) is 0. The molecule has 1 aromatic heterocycles. The molecule has 0 unspecified atom stereocenters. The molecule has 10 heteroatoms. The molecule has 0 atom stereocenters. The molecule has 2 heterocycles. The van der Waals surface area contributed by atoms with Crippen molar-refractivity contribution in [2.45, 2.75) is 45.3 Å². The average Bonchev–Trinajstić information content (AvgIpc) is 2.68. The number of carbonyl (C=O) groups is 1. The van der Waals surface area contributed by atoms with E-state index in [-0.39, 0.29) is 29.3 Å².